The van der Waals surface area contributed by atoms with Crippen molar-refractivity contribution in [1.29, 1.82) is 0 Å². The van der Waals surface area contributed by atoms with Gasteiger partial charge >= 0.3 is 12.0 Å². The van der Waals surface area contributed by atoms with Gasteiger partial charge in [0.15, 0.2) is 0 Å². The van der Waals surface area contributed by atoms with Crippen molar-refractivity contribution >= 4 is 17.9 Å². The summed E-state index contributed by atoms with van der Waals surface area (Å²) in [7, 11) is 0. The second-order valence-electron chi connectivity index (χ2n) is 8.25. The zero-order chi connectivity index (χ0) is 19.9. The Morgan fingerprint density at radius 1 is 1.26 bits per heavy atom. The van der Waals surface area contributed by atoms with Crippen molar-refractivity contribution in [3.63, 3.8) is 0 Å². The minimum Gasteiger partial charge on any atom is -0.481 e. The minimum absolute atomic E-state index is 0.0689. The van der Waals surface area contributed by atoms with E-state index in [2.05, 4.69) is 10.6 Å². The Kier molecular flexibility index (Phi) is 7.89. The van der Waals surface area contributed by atoms with Crippen LogP contribution in [0.15, 0.2) is 0 Å². The molecule has 2 aliphatic heterocycles. The fourth-order valence-electron chi connectivity index (χ4n) is 3.83. The number of piperidine rings is 1. The first-order valence-electron chi connectivity index (χ1n) is 9.93. The lowest BCUT2D eigenvalue weighted by Gasteiger charge is -2.38. The van der Waals surface area contributed by atoms with Crippen LogP contribution in [0.4, 0.5) is 4.79 Å². The van der Waals surface area contributed by atoms with Crippen LogP contribution in [0.3, 0.4) is 0 Å². The van der Waals surface area contributed by atoms with Crippen LogP contribution in [0.25, 0.3) is 0 Å². The van der Waals surface area contributed by atoms with Gasteiger partial charge in [-0.05, 0) is 37.5 Å². The fourth-order valence-corrected chi connectivity index (χ4v) is 3.83. The Labute approximate surface area is 161 Å². The predicted octanol–water partition coefficient (Wildman–Crippen LogP) is 1.59. The maximum Gasteiger partial charge on any atom is 0.317 e. The number of carboxylic acid groups (broad SMARTS) is 1. The molecule has 0 bridgehead atoms. The van der Waals surface area contributed by atoms with E-state index in [9.17, 15) is 19.5 Å². The molecule has 8 heteroatoms. The second-order valence-corrected chi connectivity index (χ2v) is 8.25. The number of amides is 3. The Morgan fingerprint density at radius 2 is 1.96 bits per heavy atom. The molecule has 1 atom stereocenters. The van der Waals surface area contributed by atoms with Gasteiger partial charge < -0.3 is 25.4 Å². The quantitative estimate of drug-likeness (QED) is 0.619. The summed E-state index contributed by atoms with van der Waals surface area (Å²) >= 11 is 0. The van der Waals surface area contributed by atoms with Gasteiger partial charge in [0.1, 0.15) is 0 Å². The number of nitrogens with one attached hydrogen (secondary N) is 2. The number of nitrogens with zero attached hydrogens (tertiary/aromatic N) is 1. The van der Waals surface area contributed by atoms with Gasteiger partial charge in [0.2, 0.25) is 5.91 Å². The summed E-state index contributed by atoms with van der Waals surface area (Å²) in [5.74, 6) is -0.550. The Bertz CT molecular complexity index is 531. The maximum absolute atomic E-state index is 12.6. The third kappa shape index (κ3) is 7.01. The Morgan fingerprint density at radius 3 is 2.59 bits per heavy atom. The van der Waals surface area contributed by atoms with Crippen LogP contribution >= 0.6 is 0 Å². The summed E-state index contributed by atoms with van der Waals surface area (Å²) in [5.41, 5.74) is -0.718. The summed E-state index contributed by atoms with van der Waals surface area (Å²) < 4.78 is 5.32. The lowest BCUT2D eigenvalue weighted by molar-refractivity contribution is -0.140. The van der Waals surface area contributed by atoms with E-state index < -0.39 is 11.5 Å². The van der Waals surface area contributed by atoms with E-state index in [1.54, 1.807) is 4.90 Å². The van der Waals surface area contributed by atoms with Crippen LogP contribution in [-0.2, 0) is 14.3 Å². The van der Waals surface area contributed by atoms with E-state index in [1.165, 1.54) is 0 Å². The van der Waals surface area contributed by atoms with Crippen LogP contribution in [0.1, 0.15) is 52.4 Å². The number of urea groups is 1. The molecule has 154 valence electrons. The highest BCUT2D eigenvalue weighted by molar-refractivity contribution is 5.79. The lowest BCUT2D eigenvalue weighted by atomic mass is 9.85. The van der Waals surface area contributed by atoms with E-state index in [4.69, 9.17) is 4.74 Å². The zero-order valence-electron chi connectivity index (χ0n) is 16.5. The lowest BCUT2D eigenvalue weighted by Crippen LogP contribution is -2.54. The third-order valence-corrected chi connectivity index (χ3v) is 5.29. The number of ether oxygens (including phenoxy) is 1. The van der Waals surface area contributed by atoms with Crippen molar-refractivity contribution in [2.24, 2.45) is 11.8 Å². The minimum atomic E-state index is -0.914. The van der Waals surface area contributed by atoms with Gasteiger partial charge in [0, 0.05) is 39.3 Å². The van der Waals surface area contributed by atoms with E-state index in [0.717, 1.165) is 12.8 Å². The molecule has 3 amide bonds. The molecule has 2 heterocycles. The van der Waals surface area contributed by atoms with Gasteiger partial charge in [-0.2, -0.15) is 0 Å². The molecule has 8 nitrogen and oxygen atoms in total. The molecule has 0 spiro atoms. The number of aliphatic carboxylic acids is 1. The van der Waals surface area contributed by atoms with Crippen molar-refractivity contribution < 1.29 is 24.2 Å². The Balaban J connectivity index is 1.86. The first-order valence-corrected chi connectivity index (χ1v) is 9.93. The number of carbonyl (C=O) groups is 3. The first-order chi connectivity index (χ1) is 12.8. The molecule has 0 aromatic rings. The van der Waals surface area contributed by atoms with E-state index in [0.29, 0.717) is 58.0 Å². The molecule has 27 heavy (non-hydrogen) atoms. The summed E-state index contributed by atoms with van der Waals surface area (Å²) in [4.78, 5) is 37.9. The molecule has 2 saturated heterocycles. The highest BCUT2D eigenvalue weighted by Crippen LogP contribution is 2.26. The van der Waals surface area contributed by atoms with Gasteiger partial charge in [-0.25, -0.2) is 4.79 Å². The van der Waals surface area contributed by atoms with Crippen molar-refractivity contribution in [3.8, 4) is 0 Å². The molecule has 0 aliphatic carbocycles. The molecule has 2 rings (SSSR count). The van der Waals surface area contributed by atoms with Gasteiger partial charge in [0.25, 0.3) is 0 Å². The summed E-state index contributed by atoms with van der Waals surface area (Å²) in [5, 5.41) is 15.1. The number of likely N-dealkylation sites (tertiary alicyclic amines) is 1. The second kappa shape index (κ2) is 9.92. The monoisotopic (exact) mass is 383 g/mol. The van der Waals surface area contributed by atoms with Crippen molar-refractivity contribution in [2.75, 3.05) is 32.8 Å². The predicted molar refractivity (Wildman–Crippen MR) is 100 cm³/mol. The topological polar surface area (TPSA) is 108 Å². The zero-order valence-corrected chi connectivity index (χ0v) is 16.5. The van der Waals surface area contributed by atoms with Crippen molar-refractivity contribution in [2.45, 2.75) is 57.9 Å². The van der Waals surface area contributed by atoms with Crippen LogP contribution < -0.4 is 10.6 Å². The van der Waals surface area contributed by atoms with Crippen LogP contribution in [-0.4, -0.2) is 66.3 Å². The fraction of sp³-hybridized carbons (Fsp3) is 0.842. The van der Waals surface area contributed by atoms with Crippen LogP contribution in [0, 0.1) is 11.8 Å². The molecule has 0 aromatic carbocycles. The summed E-state index contributed by atoms with van der Waals surface area (Å²) in [6.45, 7) is 6.93. The molecule has 1 unspecified atom stereocenters. The molecular formula is C19H33N3O5. The van der Waals surface area contributed by atoms with Gasteiger partial charge in [-0.1, -0.05) is 13.8 Å². The highest BCUT2D eigenvalue weighted by atomic mass is 16.5. The third-order valence-electron chi connectivity index (χ3n) is 5.29. The summed E-state index contributed by atoms with van der Waals surface area (Å²) in [6.07, 6.45) is 3.03. The molecular weight excluding hydrogens is 350 g/mol. The van der Waals surface area contributed by atoms with Gasteiger partial charge in [0.05, 0.1) is 12.0 Å². The van der Waals surface area contributed by atoms with E-state index >= 15 is 0 Å². The molecule has 3 N–H and O–H groups in total. The van der Waals surface area contributed by atoms with E-state index in [-0.39, 0.29) is 24.3 Å². The number of carbonyl (C=O) groups excluding carboxylic acids is 2. The van der Waals surface area contributed by atoms with Crippen LogP contribution in [0.2, 0.25) is 0 Å². The molecule has 0 radical (unpaired) electrons. The molecule has 0 saturated carbocycles. The van der Waals surface area contributed by atoms with Crippen molar-refractivity contribution in [1.82, 2.24) is 15.5 Å². The maximum atomic E-state index is 12.6. The van der Waals surface area contributed by atoms with Crippen molar-refractivity contribution in [3.05, 3.63) is 0 Å². The SMILES string of the molecule is CC(C)CNC(=O)N1CCCC(CC(=O)NC2(CC(=O)O)CCOCC2)C1. The van der Waals surface area contributed by atoms with Gasteiger partial charge in [-0.15, -0.1) is 0 Å². The largest absolute Gasteiger partial charge is 0.481 e. The smallest absolute Gasteiger partial charge is 0.317 e. The van der Waals surface area contributed by atoms with E-state index in [1.807, 2.05) is 13.8 Å². The average Bonchev–Trinajstić information content (AvgIpc) is 2.59. The van der Waals surface area contributed by atoms with Gasteiger partial charge in [-0.3, -0.25) is 9.59 Å². The number of carboxylic acids is 1. The normalized spacial score (nSPS) is 22.3. The highest BCUT2D eigenvalue weighted by Gasteiger charge is 2.37. The standard InChI is InChI=1S/C19H33N3O5/c1-14(2)12-20-18(26)22-7-3-4-15(13-22)10-16(23)21-19(11-17(24)25)5-8-27-9-6-19/h14-15H,3-13H2,1-2H3,(H,20,26)(H,21,23)(H,24,25). The van der Waals surface area contributed by atoms with Crippen LogP contribution in [0.5, 0.6) is 0 Å². The Hall–Kier alpha value is -1.83. The molecule has 2 fully saturated rings. The number of hydrogen-bond donors (Lipinski definition) is 3. The summed E-state index contributed by atoms with van der Waals surface area (Å²) in [6, 6.07) is -0.0689. The number of hydrogen-bond acceptors (Lipinski definition) is 4. The first kappa shape index (κ1) is 21.5. The molecule has 0 aromatic heterocycles. The molecule has 2 aliphatic rings. The number of rotatable bonds is 7. The average molecular weight is 383 g/mol.